The summed E-state index contributed by atoms with van der Waals surface area (Å²) in [5, 5.41) is 2.99. The smallest absolute Gasteiger partial charge is 0.317 e. The molecule has 120 valence electrons. The summed E-state index contributed by atoms with van der Waals surface area (Å²) < 4.78 is 0. The summed E-state index contributed by atoms with van der Waals surface area (Å²) in [6.45, 7) is 6.08. The summed E-state index contributed by atoms with van der Waals surface area (Å²) in [7, 11) is 0. The van der Waals surface area contributed by atoms with Crippen molar-refractivity contribution in [2.24, 2.45) is 0 Å². The molecule has 0 saturated carbocycles. The summed E-state index contributed by atoms with van der Waals surface area (Å²) in [6, 6.07) is 9.41. The van der Waals surface area contributed by atoms with Crippen LogP contribution in [0.15, 0.2) is 30.3 Å². The van der Waals surface area contributed by atoms with Gasteiger partial charge < -0.3 is 15.1 Å². The van der Waals surface area contributed by atoms with E-state index in [9.17, 15) is 9.59 Å². The van der Waals surface area contributed by atoms with E-state index < -0.39 is 0 Å². The van der Waals surface area contributed by atoms with Crippen LogP contribution in [-0.2, 0) is 4.79 Å². The lowest BCUT2D eigenvalue weighted by Crippen LogP contribution is -2.46. The summed E-state index contributed by atoms with van der Waals surface area (Å²) in [5.41, 5.74) is 0.891. The van der Waals surface area contributed by atoms with Crippen LogP contribution >= 0.6 is 0 Å². The molecule has 1 fully saturated rings. The van der Waals surface area contributed by atoms with Crippen LogP contribution in [0.1, 0.15) is 33.1 Å². The normalized spacial score (nSPS) is 17.6. The molecule has 1 saturated heterocycles. The number of benzene rings is 1. The van der Waals surface area contributed by atoms with Gasteiger partial charge in [0.1, 0.15) is 0 Å². The highest BCUT2D eigenvalue weighted by Crippen LogP contribution is 2.21. The minimum atomic E-state index is -0.115. The number of carbonyl (C=O) groups excluding carboxylic acids is 2. The average molecular weight is 303 g/mol. The van der Waals surface area contributed by atoms with E-state index in [1.54, 1.807) is 9.80 Å². The first-order valence-electron chi connectivity index (χ1n) is 8.06. The lowest BCUT2D eigenvalue weighted by atomic mass is 10.2. The first kappa shape index (κ1) is 16.3. The lowest BCUT2D eigenvalue weighted by molar-refractivity contribution is -0.117. The largest absolute Gasteiger partial charge is 0.333 e. The van der Waals surface area contributed by atoms with Gasteiger partial charge in [0.15, 0.2) is 0 Å². The Kier molecular flexibility index (Phi) is 5.81. The second kappa shape index (κ2) is 7.82. The molecular weight excluding hydrogens is 278 g/mol. The molecule has 0 aliphatic carbocycles. The molecule has 1 aromatic carbocycles. The molecule has 1 aliphatic rings. The number of unbranched alkanes of at least 4 members (excludes halogenated alkanes) is 1. The number of nitrogens with one attached hydrogen (secondary N) is 1. The third-order valence-corrected chi connectivity index (χ3v) is 3.97. The number of hydrogen-bond acceptors (Lipinski definition) is 2. The fraction of sp³-hybridized carbons (Fsp3) is 0.529. The van der Waals surface area contributed by atoms with Crippen molar-refractivity contribution in [3.8, 4) is 0 Å². The zero-order chi connectivity index (χ0) is 15.9. The summed E-state index contributed by atoms with van der Waals surface area (Å²) >= 11 is 0. The minimum Gasteiger partial charge on any atom is -0.333 e. The van der Waals surface area contributed by atoms with Crippen molar-refractivity contribution in [3.05, 3.63) is 30.3 Å². The predicted molar refractivity (Wildman–Crippen MR) is 87.9 cm³/mol. The molecule has 0 unspecified atom stereocenters. The highest BCUT2D eigenvalue weighted by atomic mass is 16.2. The van der Waals surface area contributed by atoms with Crippen molar-refractivity contribution in [1.82, 2.24) is 10.2 Å². The Morgan fingerprint density at radius 2 is 2.05 bits per heavy atom. The Morgan fingerprint density at radius 1 is 1.32 bits per heavy atom. The summed E-state index contributed by atoms with van der Waals surface area (Å²) in [4.78, 5) is 28.0. The molecule has 3 amide bonds. The molecule has 5 heteroatoms. The first-order chi connectivity index (χ1) is 10.7. The van der Waals surface area contributed by atoms with E-state index in [0.29, 0.717) is 19.5 Å². The van der Waals surface area contributed by atoms with Gasteiger partial charge in [-0.1, -0.05) is 31.5 Å². The monoisotopic (exact) mass is 303 g/mol. The van der Waals surface area contributed by atoms with Crippen molar-refractivity contribution in [3.63, 3.8) is 0 Å². The molecule has 0 radical (unpaired) electrons. The Morgan fingerprint density at radius 3 is 2.68 bits per heavy atom. The van der Waals surface area contributed by atoms with Gasteiger partial charge in [-0.2, -0.15) is 0 Å². The second-order valence-electron chi connectivity index (χ2n) is 5.62. The number of carbonyl (C=O) groups is 2. The van der Waals surface area contributed by atoms with E-state index in [1.165, 1.54) is 0 Å². The molecule has 1 N–H and O–H groups in total. The maximum absolute atomic E-state index is 12.3. The maximum atomic E-state index is 12.3. The van der Waals surface area contributed by atoms with Crippen molar-refractivity contribution in [2.45, 2.75) is 39.2 Å². The number of amides is 3. The zero-order valence-electron chi connectivity index (χ0n) is 13.4. The molecule has 22 heavy (non-hydrogen) atoms. The van der Waals surface area contributed by atoms with Crippen molar-refractivity contribution < 1.29 is 9.59 Å². The Labute approximate surface area is 132 Å². The van der Waals surface area contributed by atoms with E-state index in [-0.39, 0.29) is 18.0 Å². The Balaban J connectivity index is 1.92. The van der Waals surface area contributed by atoms with Gasteiger partial charge in [0.05, 0.1) is 6.04 Å². The van der Waals surface area contributed by atoms with Crippen LogP contribution in [0.4, 0.5) is 10.5 Å². The standard InChI is InChI=1S/C17H25N3O2/c1-3-5-11-19(4-2)17(22)18-14-12-16(21)20(13-14)15-9-7-6-8-10-15/h6-10,14H,3-5,11-13H2,1-2H3,(H,18,22)/t14-/m0/s1. The van der Waals surface area contributed by atoms with Crippen LogP contribution in [0.25, 0.3) is 0 Å². The van der Waals surface area contributed by atoms with Gasteiger partial charge in [0.2, 0.25) is 5.91 Å². The molecule has 0 bridgehead atoms. The second-order valence-corrected chi connectivity index (χ2v) is 5.62. The number of urea groups is 1. The average Bonchev–Trinajstić information content (AvgIpc) is 2.89. The number of anilines is 1. The van der Waals surface area contributed by atoms with E-state index in [4.69, 9.17) is 0 Å². The number of rotatable bonds is 6. The van der Waals surface area contributed by atoms with Crippen molar-refractivity contribution >= 4 is 17.6 Å². The van der Waals surface area contributed by atoms with E-state index in [2.05, 4.69) is 12.2 Å². The van der Waals surface area contributed by atoms with Crippen LogP contribution < -0.4 is 10.2 Å². The highest BCUT2D eigenvalue weighted by Gasteiger charge is 2.32. The Bertz CT molecular complexity index is 504. The topological polar surface area (TPSA) is 52.7 Å². The van der Waals surface area contributed by atoms with Crippen LogP contribution in [0.3, 0.4) is 0 Å². The van der Waals surface area contributed by atoms with E-state index in [0.717, 1.165) is 25.1 Å². The maximum Gasteiger partial charge on any atom is 0.317 e. The fourth-order valence-electron chi connectivity index (χ4n) is 2.68. The van der Waals surface area contributed by atoms with Gasteiger partial charge in [0, 0.05) is 31.7 Å². The first-order valence-corrected chi connectivity index (χ1v) is 8.06. The number of para-hydroxylation sites is 1. The van der Waals surface area contributed by atoms with Gasteiger partial charge in [-0.3, -0.25) is 4.79 Å². The van der Waals surface area contributed by atoms with E-state index >= 15 is 0 Å². The highest BCUT2D eigenvalue weighted by molar-refractivity contribution is 5.96. The van der Waals surface area contributed by atoms with Crippen LogP contribution in [0, 0.1) is 0 Å². The van der Waals surface area contributed by atoms with Crippen LogP contribution in [-0.4, -0.2) is 42.5 Å². The predicted octanol–water partition coefficient (Wildman–Crippen LogP) is 2.62. The van der Waals surface area contributed by atoms with Crippen LogP contribution in [0.2, 0.25) is 0 Å². The van der Waals surface area contributed by atoms with Gasteiger partial charge >= 0.3 is 6.03 Å². The van der Waals surface area contributed by atoms with Gasteiger partial charge in [-0.05, 0) is 25.5 Å². The SMILES string of the molecule is CCCCN(CC)C(=O)N[C@H]1CC(=O)N(c2ccccc2)C1. The Hall–Kier alpha value is -2.04. The zero-order valence-corrected chi connectivity index (χ0v) is 13.4. The van der Waals surface area contributed by atoms with Gasteiger partial charge in [0.25, 0.3) is 0 Å². The number of nitrogens with zero attached hydrogens (tertiary/aromatic N) is 2. The molecule has 5 nitrogen and oxygen atoms in total. The third kappa shape index (κ3) is 4.00. The molecule has 0 spiro atoms. The molecule has 2 rings (SSSR count). The molecule has 1 atom stereocenters. The number of hydrogen-bond donors (Lipinski definition) is 1. The van der Waals surface area contributed by atoms with Crippen molar-refractivity contribution in [2.75, 3.05) is 24.5 Å². The fourth-order valence-corrected chi connectivity index (χ4v) is 2.68. The minimum absolute atomic E-state index is 0.0631. The molecular formula is C17H25N3O2. The lowest BCUT2D eigenvalue weighted by Gasteiger charge is -2.23. The van der Waals surface area contributed by atoms with Crippen molar-refractivity contribution in [1.29, 1.82) is 0 Å². The summed E-state index contributed by atoms with van der Waals surface area (Å²) in [5.74, 6) is 0.0631. The quantitative estimate of drug-likeness (QED) is 0.878. The molecule has 1 aromatic rings. The third-order valence-electron chi connectivity index (χ3n) is 3.97. The van der Waals surface area contributed by atoms with Gasteiger partial charge in [-0.15, -0.1) is 0 Å². The van der Waals surface area contributed by atoms with E-state index in [1.807, 2.05) is 37.3 Å². The van der Waals surface area contributed by atoms with Gasteiger partial charge in [-0.25, -0.2) is 4.79 Å². The summed E-state index contributed by atoms with van der Waals surface area (Å²) in [6.07, 6.45) is 2.43. The molecule has 1 aliphatic heterocycles. The molecule has 1 heterocycles. The van der Waals surface area contributed by atoms with Crippen LogP contribution in [0.5, 0.6) is 0 Å². The molecule has 0 aromatic heterocycles.